The average Bonchev–Trinajstić information content (AvgIpc) is 3.41. The minimum absolute atomic E-state index is 0.0106. The molecule has 4 heterocycles. The molecule has 1 atom stereocenters. The predicted octanol–water partition coefficient (Wildman–Crippen LogP) is 3.86. The maximum Gasteiger partial charge on any atom is 0.339 e. The maximum atomic E-state index is 13.7. The lowest BCUT2D eigenvalue weighted by atomic mass is 10.1. The molecule has 0 aliphatic heterocycles. The Kier molecular flexibility index (Phi) is 4.79. The molecule has 5 rings (SSSR count). The molecule has 5 aromatic rings. The molecule has 0 saturated carbocycles. The van der Waals surface area contributed by atoms with Crippen molar-refractivity contribution in [2.75, 3.05) is 11.9 Å². The standard InChI is InChI=1S/C23H18FN5O3/c24-15-5-14(8-25-9-15)13-6-20-18(23(31)32)11-28-29(20)22(7-13)27-12-21(30)17-10-26-19-4-2-1-3-16(17)19/h1-11,21,26-27,30H,12H2,(H,31,32)/t21-/m0/s1. The zero-order chi connectivity index (χ0) is 22.2. The third-order valence-corrected chi connectivity index (χ3v) is 5.34. The molecular formula is C23H18FN5O3. The van der Waals surface area contributed by atoms with E-state index in [2.05, 4.69) is 20.4 Å². The molecule has 8 nitrogen and oxygen atoms in total. The molecule has 0 spiro atoms. The van der Waals surface area contributed by atoms with Crippen LogP contribution in [0.3, 0.4) is 0 Å². The van der Waals surface area contributed by atoms with Crippen molar-refractivity contribution in [2.45, 2.75) is 6.10 Å². The Bertz CT molecular complexity index is 1460. The Balaban J connectivity index is 1.53. The van der Waals surface area contributed by atoms with Crippen LogP contribution in [0.2, 0.25) is 0 Å². The highest BCUT2D eigenvalue weighted by atomic mass is 19.1. The number of nitrogens with one attached hydrogen (secondary N) is 2. The van der Waals surface area contributed by atoms with Crippen LogP contribution in [0.1, 0.15) is 22.0 Å². The average molecular weight is 431 g/mol. The number of aromatic carboxylic acids is 1. The first-order valence-corrected chi connectivity index (χ1v) is 9.85. The lowest BCUT2D eigenvalue weighted by Crippen LogP contribution is -2.14. The van der Waals surface area contributed by atoms with Crippen LogP contribution in [0.25, 0.3) is 27.5 Å². The van der Waals surface area contributed by atoms with E-state index < -0.39 is 17.9 Å². The highest BCUT2D eigenvalue weighted by Gasteiger charge is 2.18. The number of para-hydroxylation sites is 1. The van der Waals surface area contributed by atoms with E-state index in [1.165, 1.54) is 23.0 Å². The van der Waals surface area contributed by atoms with E-state index in [1.54, 1.807) is 18.3 Å². The third kappa shape index (κ3) is 3.44. The van der Waals surface area contributed by atoms with Gasteiger partial charge in [0.25, 0.3) is 0 Å². The van der Waals surface area contributed by atoms with E-state index in [-0.39, 0.29) is 12.1 Å². The number of carboxylic acid groups (broad SMARTS) is 1. The summed E-state index contributed by atoms with van der Waals surface area (Å²) >= 11 is 0. The summed E-state index contributed by atoms with van der Waals surface area (Å²) in [6.07, 6.45) is 4.77. The summed E-state index contributed by atoms with van der Waals surface area (Å²) in [5, 5.41) is 28.6. The van der Waals surface area contributed by atoms with Crippen molar-refractivity contribution in [2.24, 2.45) is 0 Å². The van der Waals surface area contributed by atoms with Gasteiger partial charge in [-0.2, -0.15) is 5.10 Å². The third-order valence-electron chi connectivity index (χ3n) is 5.34. The van der Waals surface area contributed by atoms with Crippen molar-refractivity contribution in [3.05, 3.63) is 84.2 Å². The number of benzene rings is 1. The highest BCUT2D eigenvalue weighted by Crippen LogP contribution is 2.28. The molecule has 0 fully saturated rings. The van der Waals surface area contributed by atoms with Gasteiger partial charge in [0.2, 0.25) is 0 Å². The number of rotatable bonds is 6. The van der Waals surface area contributed by atoms with Gasteiger partial charge in [-0.3, -0.25) is 4.98 Å². The molecule has 9 heteroatoms. The van der Waals surface area contributed by atoms with E-state index in [0.29, 0.717) is 22.5 Å². The number of aliphatic hydroxyl groups excluding tert-OH is 1. The van der Waals surface area contributed by atoms with Crippen molar-refractivity contribution in [1.29, 1.82) is 0 Å². The predicted molar refractivity (Wildman–Crippen MR) is 117 cm³/mol. The van der Waals surface area contributed by atoms with Crippen LogP contribution in [0.15, 0.2) is 67.3 Å². The first-order valence-electron chi connectivity index (χ1n) is 9.85. The summed E-state index contributed by atoms with van der Waals surface area (Å²) in [5.41, 5.74) is 3.06. The summed E-state index contributed by atoms with van der Waals surface area (Å²) in [5.74, 6) is -1.17. The van der Waals surface area contributed by atoms with E-state index in [0.717, 1.165) is 22.7 Å². The first kappa shape index (κ1) is 19.7. The van der Waals surface area contributed by atoms with Crippen molar-refractivity contribution >= 4 is 28.2 Å². The zero-order valence-corrected chi connectivity index (χ0v) is 16.7. The van der Waals surface area contributed by atoms with Gasteiger partial charge in [0.15, 0.2) is 0 Å². The Morgan fingerprint density at radius 2 is 2.00 bits per heavy atom. The van der Waals surface area contributed by atoms with Gasteiger partial charge in [0, 0.05) is 41.0 Å². The summed E-state index contributed by atoms with van der Waals surface area (Å²) in [6, 6.07) is 12.3. The van der Waals surface area contributed by atoms with Crippen molar-refractivity contribution < 1.29 is 19.4 Å². The van der Waals surface area contributed by atoms with Crippen LogP contribution in [0.5, 0.6) is 0 Å². The fraction of sp³-hybridized carbons (Fsp3) is 0.0870. The summed E-state index contributed by atoms with van der Waals surface area (Å²) in [4.78, 5) is 18.7. The fourth-order valence-corrected chi connectivity index (χ4v) is 3.79. The molecule has 0 bridgehead atoms. The molecular weight excluding hydrogens is 413 g/mol. The van der Waals surface area contributed by atoms with Crippen molar-refractivity contribution in [3.63, 3.8) is 0 Å². The number of halogens is 1. The molecule has 0 unspecified atom stereocenters. The second-order valence-electron chi connectivity index (χ2n) is 7.37. The molecule has 0 radical (unpaired) electrons. The van der Waals surface area contributed by atoms with Crippen molar-refractivity contribution in [3.8, 4) is 11.1 Å². The van der Waals surface area contributed by atoms with Crippen LogP contribution in [0, 0.1) is 5.82 Å². The number of pyridine rings is 2. The molecule has 0 amide bonds. The Morgan fingerprint density at radius 3 is 2.81 bits per heavy atom. The molecule has 4 N–H and O–H groups in total. The Hall–Kier alpha value is -4.24. The Labute approximate surface area is 181 Å². The quantitative estimate of drug-likeness (QED) is 0.325. The largest absolute Gasteiger partial charge is 0.478 e. The number of aromatic amines is 1. The monoisotopic (exact) mass is 431 g/mol. The van der Waals surface area contributed by atoms with Crippen LogP contribution in [-0.2, 0) is 0 Å². The number of H-pyrrole nitrogens is 1. The minimum atomic E-state index is -1.13. The molecule has 160 valence electrons. The molecule has 0 saturated heterocycles. The van der Waals surface area contributed by atoms with E-state index in [4.69, 9.17) is 0 Å². The summed E-state index contributed by atoms with van der Waals surface area (Å²) in [7, 11) is 0. The van der Waals surface area contributed by atoms with Crippen LogP contribution < -0.4 is 5.32 Å². The van der Waals surface area contributed by atoms with E-state index >= 15 is 0 Å². The van der Waals surface area contributed by atoms with Gasteiger partial charge in [-0.25, -0.2) is 13.7 Å². The normalized spacial score (nSPS) is 12.3. The second-order valence-corrected chi connectivity index (χ2v) is 7.37. The van der Waals surface area contributed by atoms with Gasteiger partial charge in [-0.15, -0.1) is 0 Å². The minimum Gasteiger partial charge on any atom is -0.478 e. The topological polar surface area (TPSA) is 116 Å². The number of aliphatic hydroxyl groups is 1. The smallest absolute Gasteiger partial charge is 0.339 e. The van der Waals surface area contributed by atoms with E-state index in [9.17, 15) is 19.4 Å². The zero-order valence-electron chi connectivity index (χ0n) is 16.7. The van der Waals surface area contributed by atoms with Gasteiger partial charge in [0.1, 0.15) is 17.2 Å². The number of anilines is 1. The molecule has 0 aliphatic carbocycles. The van der Waals surface area contributed by atoms with Gasteiger partial charge < -0.3 is 20.5 Å². The number of carbonyl (C=O) groups is 1. The summed E-state index contributed by atoms with van der Waals surface area (Å²) in [6.45, 7) is 0.143. The van der Waals surface area contributed by atoms with Crippen LogP contribution >= 0.6 is 0 Å². The SMILES string of the molecule is O=C(O)c1cnn2c(NC[C@H](O)c3c[nH]c4ccccc34)cc(-c3cncc(F)c3)cc12. The van der Waals surface area contributed by atoms with Crippen LogP contribution in [0.4, 0.5) is 10.2 Å². The summed E-state index contributed by atoms with van der Waals surface area (Å²) < 4.78 is 15.2. The number of fused-ring (bicyclic) bond motifs is 2. The second kappa shape index (κ2) is 7.78. The number of nitrogens with zero attached hydrogens (tertiary/aromatic N) is 3. The molecule has 32 heavy (non-hydrogen) atoms. The Morgan fingerprint density at radius 1 is 1.16 bits per heavy atom. The van der Waals surface area contributed by atoms with Gasteiger partial charge in [-0.05, 0) is 29.8 Å². The fourth-order valence-electron chi connectivity index (χ4n) is 3.79. The van der Waals surface area contributed by atoms with E-state index in [1.807, 2.05) is 24.3 Å². The first-order chi connectivity index (χ1) is 15.5. The molecule has 0 aliphatic rings. The number of aromatic nitrogens is 4. The lowest BCUT2D eigenvalue weighted by Gasteiger charge is -2.15. The number of hydrogen-bond donors (Lipinski definition) is 4. The maximum absolute atomic E-state index is 13.7. The van der Waals surface area contributed by atoms with Gasteiger partial charge in [0.05, 0.1) is 24.0 Å². The number of hydrogen-bond acceptors (Lipinski definition) is 5. The van der Waals surface area contributed by atoms with Crippen molar-refractivity contribution in [1.82, 2.24) is 19.6 Å². The highest BCUT2D eigenvalue weighted by molar-refractivity contribution is 5.96. The molecule has 1 aromatic carbocycles. The van der Waals surface area contributed by atoms with Gasteiger partial charge in [-0.1, -0.05) is 18.2 Å². The lowest BCUT2D eigenvalue weighted by molar-refractivity contribution is 0.0699. The number of carboxylic acids is 1. The molecule has 4 aromatic heterocycles. The van der Waals surface area contributed by atoms with Gasteiger partial charge >= 0.3 is 5.97 Å². The van der Waals surface area contributed by atoms with Crippen LogP contribution in [-0.4, -0.2) is 42.3 Å².